The highest BCUT2D eigenvalue weighted by Crippen LogP contribution is 2.32. The summed E-state index contributed by atoms with van der Waals surface area (Å²) in [6.45, 7) is 0. The molecule has 5 heteroatoms. The number of carbonyl (C=O) groups is 2. The first kappa shape index (κ1) is 12.1. The Labute approximate surface area is 104 Å². The van der Waals surface area contributed by atoms with Gasteiger partial charge in [0.1, 0.15) is 6.04 Å². The van der Waals surface area contributed by atoms with Crippen molar-refractivity contribution in [3.05, 3.63) is 35.4 Å². The number of hydrogen-bond donors (Lipinski definition) is 2. The summed E-state index contributed by atoms with van der Waals surface area (Å²) in [7, 11) is 0. The topological polar surface area (TPSA) is 90.2 Å². The van der Waals surface area contributed by atoms with Crippen molar-refractivity contribution in [2.45, 2.75) is 18.9 Å². The number of nitrogens with zero attached hydrogens (tertiary/aromatic N) is 1. The number of carbonyl (C=O) groups excluding carboxylic acids is 1. The molecule has 0 bridgehead atoms. The summed E-state index contributed by atoms with van der Waals surface area (Å²) in [6.07, 6.45) is 1.66. The van der Waals surface area contributed by atoms with Crippen LogP contribution in [0.5, 0.6) is 0 Å². The van der Waals surface area contributed by atoms with Crippen LogP contribution in [0.2, 0.25) is 0 Å². The maximum atomic E-state index is 11.9. The molecule has 1 saturated carbocycles. The number of hydrogen-bond acceptors (Lipinski definition) is 3. The summed E-state index contributed by atoms with van der Waals surface area (Å²) in [6, 6.07) is 7.30. The standard InChI is InChI=1S/C13H12N2O3/c14-7-8-2-1-3-10(6-8)12(16)15-11(13(17)18)9-4-5-9/h1-3,6,9,11H,4-5H2,(H,15,16)(H,17,18). The number of rotatable bonds is 4. The lowest BCUT2D eigenvalue weighted by Gasteiger charge is -2.13. The molecule has 1 aromatic rings. The molecule has 1 aliphatic carbocycles. The van der Waals surface area contributed by atoms with Crippen molar-refractivity contribution in [3.8, 4) is 6.07 Å². The maximum Gasteiger partial charge on any atom is 0.326 e. The fourth-order valence-electron chi connectivity index (χ4n) is 1.77. The van der Waals surface area contributed by atoms with Gasteiger partial charge >= 0.3 is 5.97 Å². The summed E-state index contributed by atoms with van der Waals surface area (Å²) in [5.74, 6) is -1.43. The molecule has 0 radical (unpaired) electrons. The Morgan fingerprint density at radius 1 is 1.44 bits per heavy atom. The molecule has 0 aromatic heterocycles. The van der Waals surface area contributed by atoms with E-state index in [0.717, 1.165) is 12.8 Å². The SMILES string of the molecule is N#Cc1cccc(C(=O)NC(C(=O)O)C2CC2)c1. The van der Waals surface area contributed by atoms with Crippen LogP contribution in [0, 0.1) is 17.2 Å². The fraction of sp³-hybridized carbons (Fsp3) is 0.308. The van der Waals surface area contributed by atoms with E-state index >= 15 is 0 Å². The summed E-state index contributed by atoms with van der Waals surface area (Å²) >= 11 is 0. The Hall–Kier alpha value is -2.35. The zero-order valence-electron chi connectivity index (χ0n) is 9.59. The lowest BCUT2D eigenvalue weighted by atomic mass is 10.1. The molecule has 0 heterocycles. The molecule has 1 aromatic carbocycles. The highest BCUT2D eigenvalue weighted by Gasteiger charge is 2.37. The van der Waals surface area contributed by atoms with Crippen molar-refractivity contribution in [3.63, 3.8) is 0 Å². The van der Waals surface area contributed by atoms with Gasteiger partial charge in [0.25, 0.3) is 5.91 Å². The summed E-state index contributed by atoms with van der Waals surface area (Å²) in [4.78, 5) is 22.9. The highest BCUT2D eigenvalue weighted by atomic mass is 16.4. The molecule has 1 amide bonds. The van der Waals surface area contributed by atoms with Crippen LogP contribution in [-0.2, 0) is 4.79 Å². The van der Waals surface area contributed by atoms with E-state index in [1.165, 1.54) is 6.07 Å². The van der Waals surface area contributed by atoms with Crippen LogP contribution in [0.1, 0.15) is 28.8 Å². The van der Waals surface area contributed by atoms with Gasteiger partial charge in [0.15, 0.2) is 0 Å². The minimum Gasteiger partial charge on any atom is -0.480 e. The zero-order valence-corrected chi connectivity index (χ0v) is 9.59. The monoisotopic (exact) mass is 244 g/mol. The fourth-order valence-corrected chi connectivity index (χ4v) is 1.77. The zero-order chi connectivity index (χ0) is 13.1. The van der Waals surface area contributed by atoms with Crippen LogP contribution in [0.3, 0.4) is 0 Å². The molecular formula is C13H12N2O3. The van der Waals surface area contributed by atoms with E-state index in [9.17, 15) is 9.59 Å². The molecular weight excluding hydrogens is 232 g/mol. The molecule has 1 aliphatic rings. The number of nitrogens with one attached hydrogen (secondary N) is 1. The molecule has 2 N–H and O–H groups in total. The summed E-state index contributed by atoms with van der Waals surface area (Å²) < 4.78 is 0. The molecule has 2 rings (SSSR count). The first-order valence-electron chi connectivity index (χ1n) is 5.65. The molecule has 0 saturated heterocycles. The third-order valence-electron chi connectivity index (χ3n) is 2.90. The van der Waals surface area contributed by atoms with Gasteiger partial charge in [-0.2, -0.15) is 5.26 Å². The predicted octanol–water partition coefficient (Wildman–Crippen LogP) is 1.15. The Morgan fingerprint density at radius 3 is 2.72 bits per heavy atom. The van der Waals surface area contributed by atoms with Gasteiger partial charge in [0.05, 0.1) is 11.6 Å². The minimum absolute atomic E-state index is 0.0330. The Bertz CT molecular complexity index is 529. The van der Waals surface area contributed by atoms with E-state index in [0.29, 0.717) is 11.1 Å². The molecule has 5 nitrogen and oxygen atoms in total. The number of nitriles is 1. The van der Waals surface area contributed by atoms with E-state index < -0.39 is 17.9 Å². The highest BCUT2D eigenvalue weighted by molar-refractivity contribution is 5.97. The van der Waals surface area contributed by atoms with Gasteiger partial charge in [0.2, 0.25) is 0 Å². The smallest absolute Gasteiger partial charge is 0.326 e. The van der Waals surface area contributed by atoms with E-state index in [1.54, 1.807) is 18.2 Å². The van der Waals surface area contributed by atoms with Gasteiger partial charge in [-0.05, 0) is 37.0 Å². The third-order valence-corrected chi connectivity index (χ3v) is 2.90. The lowest BCUT2D eigenvalue weighted by molar-refractivity contribution is -0.139. The second-order valence-corrected chi connectivity index (χ2v) is 4.32. The normalized spacial score (nSPS) is 15.5. The largest absolute Gasteiger partial charge is 0.480 e. The Morgan fingerprint density at radius 2 is 2.17 bits per heavy atom. The van der Waals surface area contributed by atoms with Crippen molar-refractivity contribution in [2.75, 3.05) is 0 Å². The second-order valence-electron chi connectivity index (χ2n) is 4.32. The van der Waals surface area contributed by atoms with Gasteiger partial charge in [-0.3, -0.25) is 4.79 Å². The average molecular weight is 244 g/mol. The Kier molecular flexibility index (Phi) is 3.28. The number of carboxylic acid groups (broad SMARTS) is 1. The molecule has 0 spiro atoms. The van der Waals surface area contributed by atoms with Crippen molar-refractivity contribution in [1.82, 2.24) is 5.32 Å². The summed E-state index contributed by atoms with van der Waals surface area (Å²) in [5.41, 5.74) is 0.682. The van der Waals surface area contributed by atoms with Crippen LogP contribution >= 0.6 is 0 Å². The van der Waals surface area contributed by atoms with E-state index in [1.807, 2.05) is 6.07 Å². The van der Waals surface area contributed by atoms with Crippen molar-refractivity contribution in [2.24, 2.45) is 5.92 Å². The van der Waals surface area contributed by atoms with E-state index in [2.05, 4.69) is 5.32 Å². The molecule has 0 aliphatic heterocycles. The molecule has 1 fully saturated rings. The van der Waals surface area contributed by atoms with Crippen molar-refractivity contribution < 1.29 is 14.7 Å². The van der Waals surface area contributed by atoms with Gasteiger partial charge < -0.3 is 10.4 Å². The first-order chi connectivity index (χ1) is 8.61. The Balaban J connectivity index is 2.11. The van der Waals surface area contributed by atoms with Crippen LogP contribution in [0.25, 0.3) is 0 Å². The molecule has 1 unspecified atom stereocenters. The van der Waals surface area contributed by atoms with Crippen LogP contribution in [0.15, 0.2) is 24.3 Å². The second kappa shape index (κ2) is 4.88. The molecule has 18 heavy (non-hydrogen) atoms. The van der Waals surface area contributed by atoms with Crippen LogP contribution in [-0.4, -0.2) is 23.0 Å². The third kappa shape index (κ3) is 2.66. The van der Waals surface area contributed by atoms with Crippen molar-refractivity contribution in [1.29, 1.82) is 5.26 Å². The van der Waals surface area contributed by atoms with E-state index in [-0.39, 0.29) is 5.92 Å². The predicted molar refractivity (Wildman–Crippen MR) is 62.8 cm³/mol. The van der Waals surface area contributed by atoms with Crippen molar-refractivity contribution >= 4 is 11.9 Å². The summed E-state index contributed by atoms with van der Waals surface area (Å²) in [5, 5.41) is 20.2. The maximum absolute atomic E-state index is 11.9. The number of amides is 1. The first-order valence-corrected chi connectivity index (χ1v) is 5.65. The van der Waals surface area contributed by atoms with Gasteiger partial charge in [-0.25, -0.2) is 4.79 Å². The molecule has 1 atom stereocenters. The lowest BCUT2D eigenvalue weighted by Crippen LogP contribution is -2.42. The number of carboxylic acids is 1. The van der Waals surface area contributed by atoms with E-state index in [4.69, 9.17) is 10.4 Å². The number of aliphatic carboxylic acids is 1. The average Bonchev–Trinajstić information content (AvgIpc) is 3.19. The van der Waals surface area contributed by atoms with Crippen LogP contribution in [0.4, 0.5) is 0 Å². The molecule has 92 valence electrons. The van der Waals surface area contributed by atoms with Gasteiger partial charge in [-0.1, -0.05) is 6.07 Å². The van der Waals surface area contributed by atoms with Gasteiger partial charge in [0, 0.05) is 5.56 Å². The quantitative estimate of drug-likeness (QED) is 0.831. The number of benzene rings is 1. The van der Waals surface area contributed by atoms with Crippen LogP contribution < -0.4 is 5.32 Å². The minimum atomic E-state index is -1.01. The van der Waals surface area contributed by atoms with Gasteiger partial charge in [-0.15, -0.1) is 0 Å².